The van der Waals surface area contributed by atoms with Crippen LogP contribution in [0.1, 0.15) is 25.7 Å². The largest absolute Gasteiger partial charge is 0.383 e. The minimum absolute atomic E-state index is 0.610. The van der Waals surface area contributed by atoms with Crippen LogP contribution in [0, 0.1) is 11.8 Å². The first-order chi connectivity index (χ1) is 13.7. The van der Waals surface area contributed by atoms with Gasteiger partial charge in [-0.3, -0.25) is 9.80 Å². The van der Waals surface area contributed by atoms with Gasteiger partial charge in [-0.25, -0.2) is 0 Å². The van der Waals surface area contributed by atoms with Crippen LogP contribution in [0.25, 0.3) is 0 Å². The Bertz CT molecular complexity index is 643. The molecule has 0 spiro atoms. The number of fused-ring (bicyclic) bond motifs is 3. The Morgan fingerprint density at radius 1 is 1.18 bits per heavy atom. The summed E-state index contributed by atoms with van der Waals surface area (Å²) in [4.78, 5) is 5.40. The molecule has 2 bridgehead atoms. The molecule has 5 atom stereocenters. The molecule has 4 aliphatic rings. The molecule has 0 amide bonds. The van der Waals surface area contributed by atoms with Gasteiger partial charge in [0.25, 0.3) is 0 Å². The summed E-state index contributed by atoms with van der Waals surface area (Å²) in [7, 11) is 1.83. The Balaban J connectivity index is 1.24. The number of likely N-dealkylation sites (tertiary alicyclic amines) is 1. The van der Waals surface area contributed by atoms with E-state index in [0.717, 1.165) is 35.8 Å². The minimum atomic E-state index is 0.610. The zero-order chi connectivity index (χ0) is 19.3. The number of piperidine rings is 3. The number of nitrogens with one attached hydrogen (secondary N) is 2. The van der Waals surface area contributed by atoms with E-state index in [0.29, 0.717) is 12.1 Å². The van der Waals surface area contributed by atoms with E-state index in [1.807, 2.05) is 37.4 Å². The van der Waals surface area contributed by atoms with Crippen LogP contribution in [-0.4, -0.2) is 73.4 Å². The molecule has 4 saturated heterocycles. The average Bonchev–Trinajstić information content (AvgIpc) is 3.15. The first kappa shape index (κ1) is 20.1. The fourth-order valence-electron chi connectivity index (χ4n) is 5.39. The number of ether oxygens (including phenoxy) is 1. The van der Waals surface area contributed by atoms with Gasteiger partial charge in [0.1, 0.15) is 0 Å². The average molecular weight is 403 g/mol. The number of para-hydroxylation sites is 1. The maximum absolute atomic E-state index is 5.49. The molecule has 5 rings (SSSR count). The highest BCUT2D eigenvalue weighted by atomic mass is 32.1. The summed E-state index contributed by atoms with van der Waals surface area (Å²) in [6.07, 6.45) is 5.28. The van der Waals surface area contributed by atoms with Crippen LogP contribution >= 0.6 is 12.2 Å². The quantitative estimate of drug-likeness (QED) is 0.684. The molecule has 154 valence electrons. The molecule has 4 heterocycles. The van der Waals surface area contributed by atoms with Crippen molar-refractivity contribution >= 4 is 23.0 Å². The van der Waals surface area contributed by atoms with Crippen molar-refractivity contribution < 1.29 is 4.74 Å². The van der Waals surface area contributed by atoms with E-state index in [1.165, 1.54) is 51.9 Å². The van der Waals surface area contributed by atoms with Crippen LogP contribution in [0.15, 0.2) is 30.3 Å². The summed E-state index contributed by atoms with van der Waals surface area (Å²) in [6, 6.07) is 11.4. The number of thiocarbonyl (C=S) groups is 1. The lowest BCUT2D eigenvalue weighted by Crippen LogP contribution is -2.59. The fraction of sp³-hybridized carbons (Fsp3) is 0.682. The third-order valence-electron chi connectivity index (χ3n) is 6.87. The smallest absolute Gasteiger partial charge is 0.170 e. The number of methoxy groups -OCH3 is 1. The van der Waals surface area contributed by atoms with Crippen LogP contribution in [0.3, 0.4) is 0 Å². The summed E-state index contributed by atoms with van der Waals surface area (Å²) >= 11 is 5.49. The van der Waals surface area contributed by atoms with E-state index >= 15 is 0 Å². The van der Waals surface area contributed by atoms with Crippen LogP contribution in [0.2, 0.25) is 0 Å². The standard InChI is InChI=1S/C22H34N4OS/c1-27-16-20-8-5-10-25(20)14-18-15-26-11-9-17(18)12-21(26)13-23-22(28)24-19-6-3-2-4-7-19/h2-4,6-7,17-18,20-21H,5,8-16H2,1H3,(H2,23,24,28)/t17-,18+,20-,21+/m0/s1. The maximum Gasteiger partial charge on any atom is 0.170 e. The van der Waals surface area contributed by atoms with Crippen LogP contribution in [0.5, 0.6) is 0 Å². The molecule has 0 aliphatic carbocycles. The van der Waals surface area contributed by atoms with Gasteiger partial charge >= 0.3 is 0 Å². The highest BCUT2D eigenvalue weighted by molar-refractivity contribution is 7.80. The third-order valence-corrected chi connectivity index (χ3v) is 7.12. The van der Waals surface area contributed by atoms with E-state index in [-0.39, 0.29) is 0 Å². The van der Waals surface area contributed by atoms with Crippen molar-refractivity contribution in [2.24, 2.45) is 11.8 Å². The molecule has 1 aromatic rings. The summed E-state index contributed by atoms with van der Waals surface area (Å²) in [5.41, 5.74) is 1.04. The van der Waals surface area contributed by atoms with Gasteiger partial charge < -0.3 is 15.4 Å². The van der Waals surface area contributed by atoms with Gasteiger partial charge in [0, 0.05) is 44.5 Å². The monoisotopic (exact) mass is 402 g/mol. The SMILES string of the molecule is COC[C@@H]1CCCN1C[C@@H]1CN2CC[C@H]1C[C@@H]2CNC(=S)Nc1ccccc1. The number of benzene rings is 1. The Kier molecular flexibility index (Phi) is 6.83. The molecule has 0 radical (unpaired) electrons. The number of nitrogens with zero attached hydrogens (tertiary/aromatic N) is 2. The lowest BCUT2D eigenvalue weighted by atomic mass is 9.75. The van der Waals surface area contributed by atoms with Gasteiger partial charge in [0.15, 0.2) is 5.11 Å². The van der Waals surface area contributed by atoms with Crippen molar-refractivity contribution in [1.82, 2.24) is 15.1 Å². The van der Waals surface area contributed by atoms with Crippen molar-refractivity contribution in [3.8, 4) is 0 Å². The molecule has 0 saturated carbocycles. The van der Waals surface area contributed by atoms with E-state index in [1.54, 1.807) is 0 Å². The molecular weight excluding hydrogens is 368 g/mol. The first-order valence-electron chi connectivity index (χ1n) is 10.8. The first-order valence-corrected chi connectivity index (χ1v) is 11.2. The zero-order valence-corrected chi connectivity index (χ0v) is 17.8. The lowest BCUT2D eigenvalue weighted by Gasteiger charge is -2.51. The molecule has 4 fully saturated rings. The predicted octanol–water partition coefficient (Wildman–Crippen LogP) is 2.79. The Hall–Kier alpha value is -1.21. The van der Waals surface area contributed by atoms with E-state index in [2.05, 4.69) is 20.4 Å². The lowest BCUT2D eigenvalue weighted by molar-refractivity contribution is -0.0158. The predicted molar refractivity (Wildman–Crippen MR) is 119 cm³/mol. The van der Waals surface area contributed by atoms with Gasteiger partial charge in [-0.15, -0.1) is 0 Å². The second-order valence-electron chi connectivity index (χ2n) is 8.64. The van der Waals surface area contributed by atoms with E-state index in [4.69, 9.17) is 17.0 Å². The van der Waals surface area contributed by atoms with Gasteiger partial charge in [-0.1, -0.05) is 18.2 Å². The van der Waals surface area contributed by atoms with Gasteiger partial charge in [-0.2, -0.15) is 0 Å². The van der Waals surface area contributed by atoms with Gasteiger partial charge in [-0.05, 0) is 75.0 Å². The van der Waals surface area contributed by atoms with Crippen molar-refractivity contribution in [1.29, 1.82) is 0 Å². The summed E-state index contributed by atoms with van der Waals surface area (Å²) in [5, 5.41) is 7.46. The molecule has 28 heavy (non-hydrogen) atoms. The molecule has 4 aliphatic heterocycles. The Morgan fingerprint density at radius 2 is 2.04 bits per heavy atom. The number of hydrogen-bond donors (Lipinski definition) is 2. The summed E-state index contributed by atoms with van der Waals surface area (Å²) < 4.78 is 5.44. The molecule has 2 N–H and O–H groups in total. The Labute approximate surface area is 174 Å². The maximum atomic E-state index is 5.49. The van der Waals surface area contributed by atoms with Crippen LogP contribution < -0.4 is 10.6 Å². The highest BCUT2D eigenvalue weighted by Crippen LogP contribution is 2.37. The number of rotatable bonds is 7. The molecule has 5 nitrogen and oxygen atoms in total. The van der Waals surface area contributed by atoms with Crippen LogP contribution in [0.4, 0.5) is 5.69 Å². The molecule has 1 unspecified atom stereocenters. The van der Waals surface area contributed by atoms with Crippen molar-refractivity contribution in [2.75, 3.05) is 51.8 Å². The molecule has 0 aromatic heterocycles. The molecule has 1 aromatic carbocycles. The van der Waals surface area contributed by atoms with Crippen molar-refractivity contribution in [3.63, 3.8) is 0 Å². The van der Waals surface area contributed by atoms with Crippen molar-refractivity contribution in [3.05, 3.63) is 30.3 Å². The van der Waals surface area contributed by atoms with Gasteiger partial charge in [0.05, 0.1) is 6.61 Å². The second-order valence-corrected chi connectivity index (χ2v) is 9.05. The van der Waals surface area contributed by atoms with Crippen LogP contribution in [-0.2, 0) is 4.74 Å². The molecular formula is C22H34N4OS. The van der Waals surface area contributed by atoms with Gasteiger partial charge in [0.2, 0.25) is 0 Å². The minimum Gasteiger partial charge on any atom is -0.383 e. The topological polar surface area (TPSA) is 39.8 Å². The zero-order valence-electron chi connectivity index (χ0n) is 17.0. The summed E-state index contributed by atoms with van der Waals surface area (Å²) in [5.74, 6) is 1.67. The highest BCUT2D eigenvalue weighted by Gasteiger charge is 2.41. The number of hydrogen-bond acceptors (Lipinski definition) is 4. The summed E-state index contributed by atoms with van der Waals surface area (Å²) in [6.45, 7) is 6.82. The van der Waals surface area contributed by atoms with E-state index < -0.39 is 0 Å². The Morgan fingerprint density at radius 3 is 2.79 bits per heavy atom. The van der Waals surface area contributed by atoms with E-state index in [9.17, 15) is 0 Å². The fourth-order valence-corrected chi connectivity index (χ4v) is 5.59. The third kappa shape index (κ3) is 4.85. The molecule has 6 heteroatoms. The second kappa shape index (κ2) is 9.53. The normalized spacial score (nSPS) is 32.4. The number of anilines is 1. The van der Waals surface area contributed by atoms with Crippen molar-refractivity contribution in [2.45, 2.75) is 37.8 Å².